The fourth-order valence-corrected chi connectivity index (χ4v) is 5.26. The molecule has 27 heavy (non-hydrogen) atoms. The van der Waals surface area contributed by atoms with Crippen molar-refractivity contribution in [3.8, 4) is 5.75 Å². The molecule has 6 nitrogen and oxygen atoms in total. The Hall–Kier alpha value is -1.60. The van der Waals surface area contributed by atoms with Gasteiger partial charge in [0.1, 0.15) is 5.75 Å². The highest BCUT2D eigenvalue weighted by Crippen LogP contribution is 2.27. The van der Waals surface area contributed by atoms with Crippen molar-refractivity contribution in [3.05, 3.63) is 24.3 Å². The smallest absolute Gasteiger partial charge is 0.243 e. The largest absolute Gasteiger partial charge is 0.490 e. The average molecular weight is 395 g/mol. The Balaban J connectivity index is 1.57. The first-order valence-electron chi connectivity index (χ1n) is 10.1. The quantitative estimate of drug-likeness (QED) is 0.771. The number of benzene rings is 1. The fraction of sp³-hybridized carbons (Fsp3) is 0.650. The molecular weight excluding hydrogens is 364 g/mol. The molecule has 7 heteroatoms. The van der Waals surface area contributed by atoms with Crippen LogP contribution in [0.1, 0.15) is 51.9 Å². The van der Waals surface area contributed by atoms with Crippen molar-refractivity contribution in [3.63, 3.8) is 0 Å². The molecule has 0 atom stereocenters. The van der Waals surface area contributed by atoms with Crippen LogP contribution in [-0.4, -0.2) is 44.4 Å². The molecular formula is C20H30N2O4S. The lowest BCUT2D eigenvalue weighted by Crippen LogP contribution is -2.43. The second-order valence-electron chi connectivity index (χ2n) is 7.47. The predicted octanol–water partition coefficient (Wildman–Crippen LogP) is 2.93. The molecule has 1 saturated carbocycles. The zero-order valence-corrected chi connectivity index (χ0v) is 16.8. The van der Waals surface area contributed by atoms with Gasteiger partial charge in [-0.25, -0.2) is 8.42 Å². The van der Waals surface area contributed by atoms with Crippen LogP contribution in [0.25, 0.3) is 0 Å². The first-order chi connectivity index (χ1) is 13.0. The van der Waals surface area contributed by atoms with Crippen molar-refractivity contribution in [1.82, 2.24) is 9.62 Å². The lowest BCUT2D eigenvalue weighted by molar-refractivity contribution is -0.126. The molecule has 1 aliphatic heterocycles. The van der Waals surface area contributed by atoms with Gasteiger partial charge in [0.05, 0.1) is 11.0 Å². The molecule has 0 bridgehead atoms. The van der Waals surface area contributed by atoms with Crippen LogP contribution in [0, 0.1) is 5.92 Å². The second kappa shape index (κ2) is 9.06. The van der Waals surface area contributed by atoms with E-state index >= 15 is 0 Å². The Morgan fingerprint density at radius 3 is 2.33 bits per heavy atom. The maximum Gasteiger partial charge on any atom is 0.243 e. The number of hydrogen-bond donors (Lipinski definition) is 1. The molecule has 150 valence electrons. The highest BCUT2D eigenvalue weighted by Gasteiger charge is 2.32. The molecule has 3 rings (SSSR count). The molecule has 0 unspecified atom stereocenters. The topological polar surface area (TPSA) is 75.7 Å². The highest BCUT2D eigenvalue weighted by atomic mass is 32.2. The van der Waals surface area contributed by atoms with Crippen molar-refractivity contribution in [2.45, 2.75) is 62.9 Å². The Kier molecular flexibility index (Phi) is 6.76. The number of rotatable bonds is 7. The first kappa shape index (κ1) is 20.1. The number of sulfonamides is 1. The number of carbonyl (C=O) groups excluding carboxylic acids is 1. The summed E-state index contributed by atoms with van der Waals surface area (Å²) in [5.74, 6) is 0.680. The minimum Gasteiger partial charge on any atom is -0.490 e. The van der Waals surface area contributed by atoms with Crippen LogP contribution in [0.5, 0.6) is 5.75 Å². The third kappa shape index (κ3) is 5.02. The third-order valence-electron chi connectivity index (χ3n) is 5.44. The summed E-state index contributed by atoms with van der Waals surface area (Å²) in [6, 6.07) is 6.74. The Morgan fingerprint density at radius 1 is 1.11 bits per heavy atom. The molecule has 0 spiro atoms. The molecule has 1 saturated heterocycles. The monoisotopic (exact) mass is 394 g/mol. The van der Waals surface area contributed by atoms with Gasteiger partial charge in [-0.15, -0.1) is 0 Å². The van der Waals surface area contributed by atoms with Crippen LogP contribution >= 0.6 is 0 Å². The van der Waals surface area contributed by atoms with Gasteiger partial charge in [0.2, 0.25) is 15.9 Å². The summed E-state index contributed by atoms with van der Waals surface area (Å²) in [6.07, 6.45) is 6.83. The normalized spacial score (nSPS) is 19.9. The lowest BCUT2D eigenvalue weighted by Gasteiger charge is -2.30. The number of nitrogens with zero attached hydrogens (tertiary/aromatic N) is 1. The van der Waals surface area contributed by atoms with E-state index in [1.165, 1.54) is 17.1 Å². The standard InChI is InChI=1S/C20H30N2O4S/c1-2-13-21-20(23)16-11-14-22(15-12-16)27(24,25)19-9-7-18(8-10-19)26-17-5-3-4-6-17/h7-10,16-17H,2-6,11-15H2,1H3,(H,21,23). The lowest BCUT2D eigenvalue weighted by atomic mass is 9.97. The van der Waals surface area contributed by atoms with Crippen LogP contribution in [-0.2, 0) is 14.8 Å². The van der Waals surface area contributed by atoms with Gasteiger partial charge < -0.3 is 10.1 Å². The zero-order chi connectivity index (χ0) is 19.3. The number of amides is 1. The van der Waals surface area contributed by atoms with Crippen LogP contribution in [0.4, 0.5) is 0 Å². The predicted molar refractivity (Wildman–Crippen MR) is 104 cm³/mol. The molecule has 1 N–H and O–H groups in total. The summed E-state index contributed by atoms with van der Waals surface area (Å²) < 4.78 is 33.2. The van der Waals surface area contributed by atoms with Gasteiger partial charge in [-0.3, -0.25) is 4.79 Å². The van der Waals surface area contributed by atoms with E-state index < -0.39 is 10.0 Å². The van der Waals surface area contributed by atoms with Crippen molar-refractivity contribution in [1.29, 1.82) is 0 Å². The van der Waals surface area contributed by atoms with E-state index in [-0.39, 0.29) is 22.8 Å². The van der Waals surface area contributed by atoms with Crippen LogP contribution in [0.15, 0.2) is 29.2 Å². The van der Waals surface area contributed by atoms with Crippen molar-refractivity contribution in [2.75, 3.05) is 19.6 Å². The summed E-state index contributed by atoms with van der Waals surface area (Å²) >= 11 is 0. The summed E-state index contributed by atoms with van der Waals surface area (Å²) in [6.45, 7) is 3.45. The van der Waals surface area contributed by atoms with Gasteiger partial charge in [-0.05, 0) is 69.2 Å². The average Bonchev–Trinajstić information content (AvgIpc) is 3.19. The number of piperidine rings is 1. The fourth-order valence-electron chi connectivity index (χ4n) is 3.79. The molecule has 1 aliphatic carbocycles. The number of hydrogen-bond acceptors (Lipinski definition) is 4. The zero-order valence-electron chi connectivity index (χ0n) is 16.0. The van der Waals surface area contributed by atoms with Gasteiger partial charge in [-0.1, -0.05) is 6.92 Å². The van der Waals surface area contributed by atoms with Crippen molar-refractivity contribution < 1.29 is 17.9 Å². The van der Waals surface area contributed by atoms with E-state index in [1.54, 1.807) is 24.3 Å². The van der Waals surface area contributed by atoms with E-state index in [1.807, 2.05) is 6.92 Å². The molecule has 2 aliphatic rings. The van der Waals surface area contributed by atoms with E-state index in [0.29, 0.717) is 32.5 Å². The summed E-state index contributed by atoms with van der Waals surface area (Å²) in [4.78, 5) is 12.4. The van der Waals surface area contributed by atoms with Crippen molar-refractivity contribution >= 4 is 15.9 Å². The first-order valence-corrected chi connectivity index (χ1v) is 11.5. The summed E-state index contributed by atoms with van der Waals surface area (Å²) in [7, 11) is -3.53. The number of nitrogens with one attached hydrogen (secondary N) is 1. The van der Waals surface area contributed by atoms with Crippen LogP contribution in [0.3, 0.4) is 0 Å². The third-order valence-corrected chi connectivity index (χ3v) is 7.35. The van der Waals surface area contributed by atoms with Crippen LogP contribution in [0.2, 0.25) is 0 Å². The van der Waals surface area contributed by atoms with E-state index in [0.717, 1.165) is 25.0 Å². The van der Waals surface area contributed by atoms with Crippen molar-refractivity contribution in [2.24, 2.45) is 5.92 Å². The minimum absolute atomic E-state index is 0.0438. The van der Waals surface area contributed by atoms with E-state index in [2.05, 4.69) is 5.32 Å². The second-order valence-corrected chi connectivity index (χ2v) is 9.40. The molecule has 0 radical (unpaired) electrons. The molecule has 2 fully saturated rings. The van der Waals surface area contributed by atoms with E-state index in [9.17, 15) is 13.2 Å². The molecule has 1 amide bonds. The SMILES string of the molecule is CCCNC(=O)C1CCN(S(=O)(=O)c2ccc(OC3CCCC3)cc2)CC1. The van der Waals surface area contributed by atoms with Gasteiger partial charge in [0, 0.05) is 25.6 Å². The van der Waals surface area contributed by atoms with Gasteiger partial charge in [0.15, 0.2) is 0 Å². The molecule has 1 heterocycles. The minimum atomic E-state index is -3.53. The van der Waals surface area contributed by atoms with Gasteiger partial charge in [0.25, 0.3) is 0 Å². The maximum absolute atomic E-state index is 12.9. The molecule has 0 aromatic heterocycles. The Bertz CT molecular complexity index is 719. The van der Waals surface area contributed by atoms with Gasteiger partial charge >= 0.3 is 0 Å². The summed E-state index contributed by atoms with van der Waals surface area (Å²) in [5.41, 5.74) is 0. The number of carbonyl (C=O) groups is 1. The number of ether oxygens (including phenoxy) is 1. The maximum atomic E-state index is 12.9. The Labute approximate surface area is 162 Å². The van der Waals surface area contributed by atoms with Gasteiger partial charge in [-0.2, -0.15) is 4.31 Å². The highest BCUT2D eigenvalue weighted by molar-refractivity contribution is 7.89. The van der Waals surface area contributed by atoms with Crippen LogP contribution < -0.4 is 10.1 Å². The van der Waals surface area contributed by atoms with E-state index in [4.69, 9.17) is 4.74 Å². The molecule has 1 aromatic carbocycles. The Morgan fingerprint density at radius 2 is 1.74 bits per heavy atom. The molecule has 1 aromatic rings. The summed E-state index contributed by atoms with van der Waals surface area (Å²) in [5, 5.41) is 2.90.